The molecule has 0 spiro atoms. The molecule has 0 amide bonds. The van der Waals surface area contributed by atoms with Crippen molar-refractivity contribution in [3.8, 4) is 0 Å². The molecule has 0 aliphatic heterocycles. The molecule has 0 saturated heterocycles. The van der Waals surface area contributed by atoms with Crippen molar-refractivity contribution in [2.24, 2.45) is 0 Å². The van der Waals surface area contributed by atoms with Crippen LogP contribution < -0.4 is 0 Å². The summed E-state index contributed by atoms with van der Waals surface area (Å²) in [6.07, 6.45) is 11.2. The lowest BCUT2D eigenvalue weighted by Crippen LogP contribution is -2.09. The number of halogens is 1. The number of unbranched alkanes of at least 4 members (excludes halogenated alkanes) is 8. The van der Waals surface area contributed by atoms with E-state index in [-0.39, 0.29) is 25.4 Å². The Balaban J connectivity index is 2.05. The van der Waals surface area contributed by atoms with E-state index in [1.54, 1.807) is 0 Å². The van der Waals surface area contributed by atoms with Crippen molar-refractivity contribution in [3.63, 3.8) is 0 Å². The van der Waals surface area contributed by atoms with Gasteiger partial charge in [0.15, 0.2) is 0 Å². The van der Waals surface area contributed by atoms with Crippen LogP contribution in [-0.4, -0.2) is 23.5 Å². The minimum Gasteiger partial charge on any atom is -0.466 e. The summed E-state index contributed by atoms with van der Waals surface area (Å²) in [6.45, 7) is 2.42. The van der Waals surface area contributed by atoms with Crippen LogP contribution in [0.4, 0.5) is 10.1 Å². The van der Waals surface area contributed by atoms with Gasteiger partial charge < -0.3 is 9.47 Å². The average Bonchev–Trinajstić information content (AvgIpc) is 2.74. The minimum atomic E-state index is -0.944. The standard InChI is InChI=1S/C23H34FNO6/c1-2-3-4-5-6-7-8-9-10-16-30-22(26)12-11-13-23(27)31-18-19-14-15-20(24)21(17-19)25(28)29/h14-15,17H,2-13,16,18H2,1H3. The van der Waals surface area contributed by atoms with Crippen LogP contribution in [0.5, 0.6) is 0 Å². The molecule has 0 bridgehead atoms. The largest absolute Gasteiger partial charge is 0.466 e. The molecule has 0 aliphatic carbocycles. The summed E-state index contributed by atoms with van der Waals surface area (Å²) in [6, 6.07) is 3.32. The minimum absolute atomic E-state index is 0.0381. The first kappa shape index (κ1) is 26.5. The van der Waals surface area contributed by atoms with E-state index in [4.69, 9.17) is 9.47 Å². The fourth-order valence-electron chi connectivity index (χ4n) is 3.07. The van der Waals surface area contributed by atoms with Crippen LogP contribution in [0.1, 0.15) is 89.5 Å². The predicted molar refractivity (Wildman–Crippen MR) is 115 cm³/mol. The molecule has 0 heterocycles. The van der Waals surface area contributed by atoms with Crippen LogP contribution in [0.25, 0.3) is 0 Å². The maximum absolute atomic E-state index is 13.3. The quantitative estimate of drug-likeness (QED) is 0.127. The summed E-state index contributed by atoms with van der Waals surface area (Å²) >= 11 is 0. The van der Waals surface area contributed by atoms with Gasteiger partial charge in [0.2, 0.25) is 5.82 Å². The van der Waals surface area contributed by atoms with Gasteiger partial charge in [-0.3, -0.25) is 19.7 Å². The van der Waals surface area contributed by atoms with Crippen molar-refractivity contribution >= 4 is 17.6 Å². The van der Waals surface area contributed by atoms with Gasteiger partial charge in [-0.1, -0.05) is 64.4 Å². The maximum Gasteiger partial charge on any atom is 0.306 e. The van der Waals surface area contributed by atoms with E-state index < -0.39 is 22.4 Å². The normalized spacial score (nSPS) is 10.6. The number of hydrogen-bond acceptors (Lipinski definition) is 6. The fraction of sp³-hybridized carbons (Fsp3) is 0.652. The van der Waals surface area contributed by atoms with Gasteiger partial charge in [0.25, 0.3) is 0 Å². The third-order valence-corrected chi connectivity index (χ3v) is 4.88. The Hall–Kier alpha value is -2.51. The third kappa shape index (κ3) is 12.7. The maximum atomic E-state index is 13.3. The van der Waals surface area contributed by atoms with Crippen molar-refractivity contribution in [1.82, 2.24) is 0 Å². The number of nitrogens with zero attached hydrogens (tertiary/aromatic N) is 1. The molecule has 0 N–H and O–H groups in total. The number of benzene rings is 1. The lowest BCUT2D eigenvalue weighted by Gasteiger charge is -2.06. The lowest BCUT2D eigenvalue weighted by atomic mass is 10.1. The highest BCUT2D eigenvalue weighted by atomic mass is 19.1. The second kappa shape index (κ2) is 16.2. The number of carbonyl (C=O) groups excluding carboxylic acids is 2. The van der Waals surface area contributed by atoms with Crippen LogP contribution in [-0.2, 0) is 25.7 Å². The molecule has 1 rings (SSSR count). The summed E-state index contributed by atoms with van der Waals surface area (Å²) in [5, 5.41) is 10.7. The first-order valence-electron chi connectivity index (χ1n) is 11.2. The molecule has 174 valence electrons. The van der Waals surface area contributed by atoms with E-state index in [1.807, 2.05) is 0 Å². The van der Waals surface area contributed by atoms with Crippen molar-refractivity contribution in [1.29, 1.82) is 0 Å². The predicted octanol–water partition coefficient (Wildman–Crippen LogP) is 6.02. The average molecular weight is 440 g/mol. The highest BCUT2D eigenvalue weighted by Gasteiger charge is 2.15. The van der Waals surface area contributed by atoms with E-state index in [2.05, 4.69) is 6.92 Å². The zero-order valence-electron chi connectivity index (χ0n) is 18.4. The number of nitro benzene ring substituents is 1. The number of nitro groups is 1. The smallest absolute Gasteiger partial charge is 0.306 e. The highest BCUT2D eigenvalue weighted by Crippen LogP contribution is 2.19. The van der Waals surface area contributed by atoms with Crippen molar-refractivity contribution < 1.29 is 28.4 Å². The van der Waals surface area contributed by atoms with Gasteiger partial charge in [-0.05, 0) is 24.5 Å². The van der Waals surface area contributed by atoms with Gasteiger partial charge in [-0.15, -0.1) is 0 Å². The first-order chi connectivity index (χ1) is 14.9. The molecular weight excluding hydrogens is 405 g/mol. The second-order valence-corrected chi connectivity index (χ2v) is 7.61. The van der Waals surface area contributed by atoms with E-state index in [1.165, 1.54) is 44.6 Å². The number of rotatable bonds is 17. The van der Waals surface area contributed by atoms with E-state index in [0.29, 0.717) is 18.6 Å². The lowest BCUT2D eigenvalue weighted by molar-refractivity contribution is -0.387. The molecule has 0 radical (unpaired) electrons. The zero-order chi connectivity index (χ0) is 22.9. The van der Waals surface area contributed by atoms with Crippen LogP contribution in [0.15, 0.2) is 18.2 Å². The van der Waals surface area contributed by atoms with Crippen molar-refractivity contribution in [2.75, 3.05) is 6.61 Å². The molecule has 0 aliphatic rings. The van der Waals surface area contributed by atoms with Gasteiger partial charge >= 0.3 is 17.6 Å². The van der Waals surface area contributed by atoms with Gasteiger partial charge in [-0.25, -0.2) is 0 Å². The van der Waals surface area contributed by atoms with E-state index >= 15 is 0 Å². The second-order valence-electron chi connectivity index (χ2n) is 7.61. The fourth-order valence-corrected chi connectivity index (χ4v) is 3.07. The molecule has 0 atom stereocenters. The van der Waals surface area contributed by atoms with Gasteiger partial charge in [0, 0.05) is 18.9 Å². The van der Waals surface area contributed by atoms with Gasteiger partial charge in [0.1, 0.15) is 6.61 Å². The molecule has 1 aromatic carbocycles. The summed E-state index contributed by atoms with van der Waals surface area (Å²) in [7, 11) is 0. The van der Waals surface area contributed by atoms with Crippen molar-refractivity contribution in [3.05, 3.63) is 39.7 Å². The SMILES string of the molecule is CCCCCCCCCCCOC(=O)CCCC(=O)OCc1ccc(F)c([N+](=O)[O-])c1. The summed E-state index contributed by atoms with van der Waals surface area (Å²) in [5.41, 5.74) is -0.343. The van der Waals surface area contributed by atoms with Crippen molar-refractivity contribution in [2.45, 2.75) is 90.6 Å². The van der Waals surface area contributed by atoms with Crippen LogP contribution in [0.2, 0.25) is 0 Å². The Morgan fingerprint density at radius 1 is 0.903 bits per heavy atom. The molecule has 0 unspecified atom stereocenters. The molecule has 8 heteroatoms. The van der Waals surface area contributed by atoms with Crippen LogP contribution in [0.3, 0.4) is 0 Å². The van der Waals surface area contributed by atoms with Gasteiger partial charge in [-0.2, -0.15) is 4.39 Å². The monoisotopic (exact) mass is 439 g/mol. The summed E-state index contributed by atoms with van der Waals surface area (Å²) in [4.78, 5) is 33.3. The first-order valence-corrected chi connectivity index (χ1v) is 11.2. The summed E-state index contributed by atoms with van der Waals surface area (Å²) < 4.78 is 23.5. The Morgan fingerprint density at radius 2 is 1.48 bits per heavy atom. The Labute approximate surface area is 183 Å². The number of ether oxygens (including phenoxy) is 2. The Kier molecular flexibility index (Phi) is 13.9. The molecule has 31 heavy (non-hydrogen) atoms. The molecule has 0 fully saturated rings. The zero-order valence-corrected chi connectivity index (χ0v) is 18.4. The molecule has 0 saturated carbocycles. The number of esters is 2. The van der Waals surface area contributed by atoms with Crippen LogP contribution >= 0.6 is 0 Å². The highest BCUT2D eigenvalue weighted by molar-refractivity contribution is 5.72. The number of carbonyl (C=O) groups is 2. The Morgan fingerprint density at radius 3 is 2.10 bits per heavy atom. The Bertz CT molecular complexity index is 695. The molecule has 1 aromatic rings. The topological polar surface area (TPSA) is 95.7 Å². The molecule has 7 nitrogen and oxygen atoms in total. The summed E-state index contributed by atoms with van der Waals surface area (Å²) in [5.74, 6) is -1.80. The van der Waals surface area contributed by atoms with E-state index in [0.717, 1.165) is 31.4 Å². The molecular formula is C23H34FNO6. The third-order valence-electron chi connectivity index (χ3n) is 4.88. The molecule has 0 aromatic heterocycles. The van der Waals surface area contributed by atoms with Crippen LogP contribution in [0, 0.1) is 15.9 Å². The van der Waals surface area contributed by atoms with Gasteiger partial charge in [0.05, 0.1) is 11.5 Å². The number of hydrogen-bond donors (Lipinski definition) is 0. The van der Waals surface area contributed by atoms with E-state index in [9.17, 15) is 24.1 Å².